The number of hydrogen-bond donors (Lipinski definition) is 2. The minimum absolute atomic E-state index is 0.0394. The van der Waals surface area contributed by atoms with Gasteiger partial charge in [0.2, 0.25) is 0 Å². The van der Waals surface area contributed by atoms with E-state index < -0.39 is 6.03 Å². The van der Waals surface area contributed by atoms with E-state index in [1.165, 1.54) is 0 Å². The summed E-state index contributed by atoms with van der Waals surface area (Å²) in [5.74, 6) is 0.540. The van der Waals surface area contributed by atoms with Gasteiger partial charge in [0.15, 0.2) is 0 Å². The SMILES string of the molecule is NC(=O)NC(c1nccs1)C1CC1. The minimum Gasteiger partial charge on any atom is -0.352 e. The van der Waals surface area contributed by atoms with Gasteiger partial charge in [-0.05, 0) is 18.8 Å². The van der Waals surface area contributed by atoms with Crippen LogP contribution in [0.1, 0.15) is 23.9 Å². The Morgan fingerprint density at radius 3 is 3.00 bits per heavy atom. The number of rotatable bonds is 3. The zero-order valence-corrected chi connectivity index (χ0v) is 7.88. The van der Waals surface area contributed by atoms with Gasteiger partial charge >= 0.3 is 6.03 Å². The van der Waals surface area contributed by atoms with Crippen LogP contribution in [0.2, 0.25) is 0 Å². The molecule has 0 bridgehead atoms. The van der Waals surface area contributed by atoms with Crippen molar-refractivity contribution in [3.05, 3.63) is 16.6 Å². The highest BCUT2D eigenvalue weighted by molar-refractivity contribution is 7.09. The number of carbonyl (C=O) groups excluding carboxylic acids is 1. The number of amides is 2. The highest BCUT2D eigenvalue weighted by atomic mass is 32.1. The molecule has 1 fully saturated rings. The van der Waals surface area contributed by atoms with Crippen LogP contribution in [0.3, 0.4) is 0 Å². The molecule has 1 saturated carbocycles. The van der Waals surface area contributed by atoms with E-state index in [0.29, 0.717) is 5.92 Å². The normalized spacial score (nSPS) is 18.2. The lowest BCUT2D eigenvalue weighted by Crippen LogP contribution is -2.34. The van der Waals surface area contributed by atoms with E-state index >= 15 is 0 Å². The van der Waals surface area contributed by atoms with E-state index in [2.05, 4.69) is 10.3 Å². The molecular formula is C8H11N3OS. The highest BCUT2D eigenvalue weighted by Gasteiger charge is 2.34. The largest absolute Gasteiger partial charge is 0.352 e. The monoisotopic (exact) mass is 197 g/mol. The molecule has 1 heterocycles. The average Bonchev–Trinajstić information content (AvgIpc) is 2.77. The lowest BCUT2D eigenvalue weighted by Gasteiger charge is -2.13. The Balaban J connectivity index is 2.09. The molecule has 4 nitrogen and oxygen atoms in total. The van der Waals surface area contributed by atoms with Crippen molar-refractivity contribution in [2.75, 3.05) is 0 Å². The van der Waals surface area contributed by atoms with Gasteiger partial charge in [0.25, 0.3) is 0 Å². The lowest BCUT2D eigenvalue weighted by molar-refractivity contribution is 0.243. The quantitative estimate of drug-likeness (QED) is 0.766. The summed E-state index contributed by atoms with van der Waals surface area (Å²) in [7, 11) is 0. The number of nitrogens with one attached hydrogen (secondary N) is 1. The summed E-state index contributed by atoms with van der Waals surface area (Å²) in [5.41, 5.74) is 5.09. The van der Waals surface area contributed by atoms with Gasteiger partial charge in [-0.3, -0.25) is 0 Å². The molecule has 1 aromatic rings. The minimum atomic E-state index is -0.466. The Bertz CT molecular complexity index is 294. The molecule has 2 rings (SSSR count). The van der Waals surface area contributed by atoms with Gasteiger partial charge in [-0.25, -0.2) is 9.78 Å². The van der Waals surface area contributed by atoms with Crippen molar-refractivity contribution in [2.45, 2.75) is 18.9 Å². The Labute approximate surface area is 80.2 Å². The predicted molar refractivity (Wildman–Crippen MR) is 50.3 cm³/mol. The molecule has 0 aromatic carbocycles. The lowest BCUT2D eigenvalue weighted by atomic mass is 10.2. The van der Waals surface area contributed by atoms with Crippen LogP contribution in [-0.2, 0) is 0 Å². The number of nitrogens with two attached hydrogens (primary N) is 1. The fourth-order valence-electron chi connectivity index (χ4n) is 1.35. The summed E-state index contributed by atoms with van der Waals surface area (Å²) in [4.78, 5) is 14.9. The summed E-state index contributed by atoms with van der Waals surface area (Å²) in [6.07, 6.45) is 4.06. The van der Waals surface area contributed by atoms with Crippen molar-refractivity contribution in [1.29, 1.82) is 0 Å². The van der Waals surface area contributed by atoms with Gasteiger partial charge in [0.1, 0.15) is 5.01 Å². The van der Waals surface area contributed by atoms with E-state index in [-0.39, 0.29) is 6.04 Å². The molecule has 70 valence electrons. The first kappa shape index (κ1) is 8.50. The fourth-order valence-corrected chi connectivity index (χ4v) is 2.13. The van der Waals surface area contributed by atoms with Crippen LogP contribution < -0.4 is 11.1 Å². The Morgan fingerprint density at radius 2 is 2.54 bits per heavy atom. The van der Waals surface area contributed by atoms with E-state index in [0.717, 1.165) is 17.8 Å². The van der Waals surface area contributed by atoms with Gasteiger partial charge in [-0.1, -0.05) is 0 Å². The zero-order chi connectivity index (χ0) is 9.26. The summed E-state index contributed by atoms with van der Waals surface area (Å²) in [6.45, 7) is 0. The Morgan fingerprint density at radius 1 is 1.77 bits per heavy atom. The molecule has 1 aliphatic rings. The van der Waals surface area contributed by atoms with Gasteiger partial charge in [0.05, 0.1) is 6.04 Å². The molecule has 0 saturated heterocycles. The molecule has 1 unspecified atom stereocenters. The number of nitrogens with zero attached hydrogens (tertiary/aromatic N) is 1. The van der Waals surface area contributed by atoms with Crippen molar-refractivity contribution in [2.24, 2.45) is 11.7 Å². The van der Waals surface area contributed by atoms with Crippen molar-refractivity contribution in [3.63, 3.8) is 0 Å². The Hall–Kier alpha value is -1.10. The number of urea groups is 1. The van der Waals surface area contributed by atoms with Crippen LogP contribution in [0.25, 0.3) is 0 Å². The second kappa shape index (κ2) is 3.33. The molecule has 0 radical (unpaired) electrons. The first-order chi connectivity index (χ1) is 6.27. The molecule has 1 atom stereocenters. The topological polar surface area (TPSA) is 68.0 Å². The predicted octanol–water partition coefficient (Wildman–Crippen LogP) is 1.26. The molecular weight excluding hydrogens is 186 g/mol. The van der Waals surface area contributed by atoms with Crippen LogP contribution in [0.4, 0.5) is 4.79 Å². The third-order valence-electron chi connectivity index (χ3n) is 2.11. The van der Waals surface area contributed by atoms with Gasteiger partial charge < -0.3 is 11.1 Å². The zero-order valence-electron chi connectivity index (χ0n) is 7.06. The second-order valence-corrected chi connectivity index (χ2v) is 4.12. The van der Waals surface area contributed by atoms with Crippen LogP contribution >= 0.6 is 11.3 Å². The third kappa shape index (κ3) is 1.98. The molecule has 2 amide bonds. The maximum Gasteiger partial charge on any atom is 0.312 e. The first-order valence-electron chi connectivity index (χ1n) is 4.22. The third-order valence-corrected chi connectivity index (χ3v) is 2.97. The average molecular weight is 197 g/mol. The van der Waals surface area contributed by atoms with E-state index in [1.807, 2.05) is 5.38 Å². The van der Waals surface area contributed by atoms with Crippen LogP contribution in [0, 0.1) is 5.92 Å². The maximum atomic E-state index is 10.7. The molecule has 0 aliphatic heterocycles. The van der Waals surface area contributed by atoms with Gasteiger partial charge in [-0.15, -0.1) is 11.3 Å². The Kier molecular flexibility index (Phi) is 2.18. The number of carbonyl (C=O) groups is 1. The van der Waals surface area contributed by atoms with Gasteiger partial charge in [-0.2, -0.15) is 0 Å². The number of aromatic nitrogens is 1. The number of primary amides is 1. The first-order valence-corrected chi connectivity index (χ1v) is 5.10. The fraction of sp³-hybridized carbons (Fsp3) is 0.500. The van der Waals surface area contributed by atoms with E-state index in [4.69, 9.17) is 5.73 Å². The van der Waals surface area contributed by atoms with Crippen molar-refractivity contribution in [3.8, 4) is 0 Å². The molecule has 1 aromatic heterocycles. The summed E-state index contributed by atoms with van der Waals surface area (Å²) >= 11 is 1.56. The molecule has 3 N–H and O–H groups in total. The van der Waals surface area contributed by atoms with Crippen LogP contribution in [0.15, 0.2) is 11.6 Å². The number of thiazole rings is 1. The van der Waals surface area contributed by atoms with E-state index in [9.17, 15) is 4.79 Å². The summed E-state index contributed by atoms with van der Waals surface area (Å²) in [5, 5.41) is 5.60. The van der Waals surface area contributed by atoms with Crippen molar-refractivity contribution < 1.29 is 4.79 Å². The molecule has 0 spiro atoms. The molecule has 1 aliphatic carbocycles. The van der Waals surface area contributed by atoms with E-state index in [1.54, 1.807) is 17.5 Å². The smallest absolute Gasteiger partial charge is 0.312 e. The molecule has 5 heteroatoms. The number of hydrogen-bond acceptors (Lipinski definition) is 3. The van der Waals surface area contributed by atoms with Crippen LogP contribution in [-0.4, -0.2) is 11.0 Å². The maximum absolute atomic E-state index is 10.7. The summed E-state index contributed by atoms with van der Waals surface area (Å²) < 4.78 is 0. The van der Waals surface area contributed by atoms with Crippen molar-refractivity contribution >= 4 is 17.4 Å². The second-order valence-electron chi connectivity index (χ2n) is 3.19. The molecule has 13 heavy (non-hydrogen) atoms. The highest BCUT2D eigenvalue weighted by Crippen LogP contribution is 2.41. The van der Waals surface area contributed by atoms with Gasteiger partial charge in [0, 0.05) is 11.6 Å². The summed E-state index contributed by atoms with van der Waals surface area (Å²) in [6, 6.07) is -0.426. The standard InChI is InChI=1S/C8H11N3OS/c9-8(12)11-6(5-1-2-5)7-10-3-4-13-7/h3-6H,1-2H2,(H3,9,11,12). The van der Waals surface area contributed by atoms with Crippen LogP contribution in [0.5, 0.6) is 0 Å². The van der Waals surface area contributed by atoms with Crippen molar-refractivity contribution in [1.82, 2.24) is 10.3 Å².